The minimum absolute atomic E-state index is 0.183. The van der Waals surface area contributed by atoms with E-state index in [9.17, 15) is 0 Å². The Hall–Kier alpha value is -1.47. The Labute approximate surface area is 127 Å². The monoisotopic (exact) mass is 312 g/mol. The van der Waals surface area contributed by atoms with Crippen molar-refractivity contribution in [3.63, 3.8) is 0 Å². The molecular formula is C12H17ClN6S. The molecule has 0 radical (unpaired) electrons. The first-order chi connectivity index (χ1) is 9.69. The highest BCUT2D eigenvalue weighted by atomic mass is 35.5. The maximum absolute atomic E-state index is 5.89. The summed E-state index contributed by atoms with van der Waals surface area (Å²) in [6, 6.07) is 0. The molecule has 0 aliphatic carbocycles. The van der Waals surface area contributed by atoms with Crippen LogP contribution < -0.4 is 10.6 Å². The second-order valence-corrected chi connectivity index (χ2v) is 5.59. The minimum atomic E-state index is 0.183. The van der Waals surface area contributed by atoms with E-state index in [0.29, 0.717) is 18.4 Å². The number of halogens is 1. The molecule has 108 valence electrons. The Morgan fingerprint density at radius 2 is 2.00 bits per heavy atom. The Balaban J connectivity index is 1.96. The molecule has 0 bridgehead atoms. The molecule has 0 amide bonds. The molecule has 0 saturated carbocycles. The van der Waals surface area contributed by atoms with Gasteiger partial charge in [0.2, 0.25) is 17.2 Å². The molecule has 1 unspecified atom stereocenters. The lowest BCUT2D eigenvalue weighted by atomic mass is 10.2. The van der Waals surface area contributed by atoms with Crippen LogP contribution in [0.1, 0.15) is 31.2 Å². The standard InChI is InChI=1S/C12H17ClN6S/c1-3-4-15-11-17-10(13)18-12(19-11)16-7-8(2)9-14-5-6-20-9/h5-6,8H,3-4,7H2,1-2H3,(H2,15,16,17,18,19). The smallest absolute Gasteiger partial charge is 0.228 e. The number of hydrogen-bond acceptors (Lipinski definition) is 7. The lowest BCUT2D eigenvalue weighted by molar-refractivity contribution is 0.785. The number of anilines is 2. The van der Waals surface area contributed by atoms with Gasteiger partial charge in [0.15, 0.2) is 0 Å². The second-order valence-electron chi connectivity index (χ2n) is 4.33. The third-order valence-electron chi connectivity index (χ3n) is 2.58. The zero-order chi connectivity index (χ0) is 14.4. The first-order valence-electron chi connectivity index (χ1n) is 6.47. The molecule has 2 heterocycles. The molecule has 1 atom stereocenters. The van der Waals surface area contributed by atoms with Crippen LogP contribution in [0.15, 0.2) is 11.6 Å². The molecule has 2 aromatic heterocycles. The number of hydrogen-bond donors (Lipinski definition) is 2. The summed E-state index contributed by atoms with van der Waals surface area (Å²) in [5, 5.41) is 9.50. The van der Waals surface area contributed by atoms with Gasteiger partial charge in [-0.15, -0.1) is 11.3 Å². The van der Waals surface area contributed by atoms with Gasteiger partial charge in [-0.1, -0.05) is 13.8 Å². The highest BCUT2D eigenvalue weighted by Gasteiger charge is 2.10. The highest BCUT2D eigenvalue weighted by Crippen LogP contribution is 2.18. The van der Waals surface area contributed by atoms with Crippen LogP contribution in [0.3, 0.4) is 0 Å². The van der Waals surface area contributed by atoms with Crippen molar-refractivity contribution in [2.24, 2.45) is 0 Å². The fraction of sp³-hybridized carbons (Fsp3) is 0.500. The third kappa shape index (κ3) is 4.28. The van der Waals surface area contributed by atoms with Crippen molar-refractivity contribution in [1.82, 2.24) is 19.9 Å². The fourth-order valence-electron chi connectivity index (χ4n) is 1.55. The molecule has 8 heteroatoms. The van der Waals surface area contributed by atoms with Crippen molar-refractivity contribution < 1.29 is 0 Å². The summed E-state index contributed by atoms with van der Waals surface area (Å²) in [5.74, 6) is 1.26. The van der Waals surface area contributed by atoms with E-state index in [-0.39, 0.29) is 11.2 Å². The topological polar surface area (TPSA) is 75.6 Å². The summed E-state index contributed by atoms with van der Waals surface area (Å²) in [6.07, 6.45) is 2.80. The van der Waals surface area contributed by atoms with Crippen LogP contribution in [0, 0.1) is 0 Å². The Morgan fingerprint density at radius 3 is 2.65 bits per heavy atom. The van der Waals surface area contributed by atoms with Gasteiger partial charge >= 0.3 is 0 Å². The van der Waals surface area contributed by atoms with E-state index in [1.165, 1.54) is 0 Å². The van der Waals surface area contributed by atoms with Gasteiger partial charge in [-0.05, 0) is 18.0 Å². The van der Waals surface area contributed by atoms with E-state index in [0.717, 1.165) is 18.0 Å². The molecular weight excluding hydrogens is 296 g/mol. The van der Waals surface area contributed by atoms with Crippen molar-refractivity contribution in [3.05, 3.63) is 21.9 Å². The van der Waals surface area contributed by atoms with Gasteiger partial charge in [-0.3, -0.25) is 0 Å². The van der Waals surface area contributed by atoms with Gasteiger partial charge in [0.25, 0.3) is 0 Å². The average Bonchev–Trinajstić information content (AvgIpc) is 2.96. The Bertz CT molecular complexity index is 533. The SMILES string of the molecule is CCCNc1nc(Cl)nc(NCC(C)c2nccs2)n1. The number of aromatic nitrogens is 4. The molecule has 20 heavy (non-hydrogen) atoms. The lowest BCUT2D eigenvalue weighted by Gasteiger charge is -2.11. The zero-order valence-corrected chi connectivity index (χ0v) is 13.0. The van der Waals surface area contributed by atoms with Crippen LogP contribution in [0.25, 0.3) is 0 Å². The maximum atomic E-state index is 5.89. The summed E-state index contributed by atoms with van der Waals surface area (Å²) in [7, 11) is 0. The summed E-state index contributed by atoms with van der Waals surface area (Å²) in [4.78, 5) is 16.7. The summed E-state index contributed by atoms with van der Waals surface area (Å²) in [6.45, 7) is 5.67. The lowest BCUT2D eigenvalue weighted by Crippen LogP contribution is -2.14. The average molecular weight is 313 g/mol. The van der Waals surface area contributed by atoms with Crippen LogP contribution >= 0.6 is 22.9 Å². The predicted molar refractivity (Wildman–Crippen MR) is 82.6 cm³/mol. The Kier molecular flexibility index (Phi) is 5.49. The first kappa shape index (κ1) is 14.9. The van der Waals surface area contributed by atoms with Crippen molar-refractivity contribution in [2.45, 2.75) is 26.2 Å². The third-order valence-corrected chi connectivity index (χ3v) is 3.76. The van der Waals surface area contributed by atoms with Crippen LogP contribution in [0.2, 0.25) is 5.28 Å². The van der Waals surface area contributed by atoms with E-state index >= 15 is 0 Å². The summed E-state index contributed by atoms with van der Waals surface area (Å²) in [5.41, 5.74) is 0. The maximum Gasteiger partial charge on any atom is 0.228 e. The number of nitrogens with one attached hydrogen (secondary N) is 2. The van der Waals surface area contributed by atoms with Crippen LogP contribution in [0.4, 0.5) is 11.9 Å². The number of rotatable bonds is 7. The van der Waals surface area contributed by atoms with Gasteiger partial charge in [0, 0.05) is 30.6 Å². The largest absolute Gasteiger partial charge is 0.354 e. The second kappa shape index (κ2) is 7.35. The molecule has 0 spiro atoms. The quantitative estimate of drug-likeness (QED) is 0.818. The zero-order valence-electron chi connectivity index (χ0n) is 11.4. The fourth-order valence-corrected chi connectivity index (χ4v) is 2.41. The van der Waals surface area contributed by atoms with E-state index in [1.807, 2.05) is 11.6 Å². The van der Waals surface area contributed by atoms with Gasteiger partial charge in [0.05, 0.1) is 5.01 Å². The summed E-state index contributed by atoms with van der Waals surface area (Å²) >= 11 is 7.53. The number of thiazole rings is 1. The highest BCUT2D eigenvalue weighted by molar-refractivity contribution is 7.09. The molecule has 0 fully saturated rings. The molecule has 2 N–H and O–H groups in total. The van der Waals surface area contributed by atoms with Gasteiger partial charge in [0.1, 0.15) is 0 Å². The van der Waals surface area contributed by atoms with E-state index in [1.54, 1.807) is 11.3 Å². The molecule has 2 aromatic rings. The molecule has 0 aliphatic rings. The van der Waals surface area contributed by atoms with E-state index in [4.69, 9.17) is 11.6 Å². The summed E-state index contributed by atoms with van der Waals surface area (Å²) < 4.78 is 0. The van der Waals surface area contributed by atoms with Crippen molar-refractivity contribution in [3.8, 4) is 0 Å². The van der Waals surface area contributed by atoms with Crippen LogP contribution in [-0.2, 0) is 0 Å². The van der Waals surface area contributed by atoms with Gasteiger partial charge in [-0.25, -0.2) is 4.98 Å². The number of nitrogens with zero attached hydrogens (tertiary/aromatic N) is 4. The first-order valence-corrected chi connectivity index (χ1v) is 7.73. The van der Waals surface area contributed by atoms with Crippen LogP contribution in [0.5, 0.6) is 0 Å². The molecule has 2 rings (SSSR count). The van der Waals surface area contributed by atoms with Gasteiger partial charge in [-0.2, -0.15) is 15.0 Å². The van der Waals surface area contributed by atoms with Crippen LogP contribution in [-0.4, -0.2) is 33.0 Å². The van der Waals surface area contributed by atoms with Crippen molar-refractivity contribution >= 4 is 34.8 Å². The van der Waals surface area contributed by atoms with Crippen molar-refractivity contribution in [1.29, 1.82) is 0 Å². The Morgan fingerprint density at radius 1 is 1.25 bits per heavy atom. The minimum Gasteiger partial charge on any atom is -0.354 e. The van der Waals surface area contributed by atoms with Gasteiger partial charge < -0.3 is 10.6 Å². The molecule has 0 saturated heterocycles. The molecule has 0 aromatic carbocycles. The van der Waals surface area contributed by atoms with E-state index < -0.39 is 0 Å². The molecule has 6 nitrogen and oxygen atoms in total. The normalized spacial score (nSPS) is 12.2. The van der Waals surface area contributed by atoms with Crippen molar-refractivity contribution in [2.75, 3.05) is 23.7 Å². The van der Waals surface area contributed by atoms with E-state index in [2.05, 4.69) is 44.4 Å². The predicted octanol–water partition coefficient (Wildman–Crippen LogP) is 3.02. The molecule has 0 aliphatic heterocycles.